The molecule has 0 aliphatic rings. The van der Waals surface area contributed by atoms with Gasteiger partial charge in [-0.3, -0.25) is 9.59 Å². The van der Waals surface area contributed by atoms with Gasteiger partial charge < -0.3 is 15.4 Å². The van der Waals surface area contributed by atoms with Crippen LogP contribution in [0.2, 0.25) is 0 Å². The van der Waals surface area contributed by atoms with Gasteiger partial charge >= 0.3 is 5.97 Å². The van der Waals surface area contributed by atoms with E-state index in [2.05, 4.69) is 10.6 Å². The van der Waals surface area contributed by atoms with Crippen LogP contribution in [0.3, 0.4) is 0 Å². The second-order valence-electron chi connectivity index (χ2n) is 5.95. The van der Waals surface area contributed by atoms with Gasteiger partial charge in [0, 0.05) is 17.8 Å². The quantitative estimate of drug-likeness (QED) is 0.581. The van der Waals surface area contributed by atoms with Gasteiger partial charge in [0.05, 0.1) is 10.4 Å². The molecule has 0 fully saturated rings. The van der Waals surface area contributed by atoms with E-state index < -0.39 is 24.3 Å². The molecule has 0 unspecified atom stereocenters. The van der Waals surface area contributed by atoms with Crippen LogP contribution in [-0.4, -0.2) is 24.4 Å². The van der Waals surface area contributed by atoms with Crippen molar-refractivity contribution >= 4 is 34.8 Å². The largest absolute Gasteiger partial charge is 0.452 e. The zero-order chi connectivity index (χ0) is 20.6. The van der Waals surface area contributed by atoms with E-state index in [4.69, 9.17) is 4.74 Å². The van der Waals surface area contributed by atoms with Crippen molar-refractivity contribution in [2.24, 2.45) is 0 Å². The maximum atomic E-state index is 13.5. The van der Waals surface area contributed by atoms with Crippen LogP contribution in [-0.2, 0) is 16.1 Å². The standard InChI is InChI=1S/C21H17FN2O4S/c22-17-5-2-1-4-15(17)12-23-19(25)13-28-21(27)14-7-9-16(10-8-14)24-20(26)18-6-3-11-29-18/h1-11H,12-13H2,(H,23,25)(H,24,26). The number of ether oxygens (including phenoxy) is 1. The lowest BCUT2D eigenvalue weighted by atomic mass is 10.2. The number of benzene rings is 2. The molecule has 3 rings (SSSR count). The molecular weight excluding hydrogens is 395 g/mol. The summed E-state index contributed by atoms with van der Waals surface area (Å²) in [5, 5.41) is 7.02. The highest BCUT2D eigenvalue weighted by Crippen LogP contribution is 2.14. The molecule has 0 spiro atoms. The summed E-state index contributed by atoms with van der Waals surface area (Å²) in [7, 11) is 0. The van der Waals surface area contributed by atoms with Crippen LogP contribution in [0.4, 0.5) is 10.1 Å². The predicted octanol–water partition coefficient (Wildman–Crippen LogP) is 3.61. The monoisotopic (exact) mass is 412 g/mol. The molecule has 2 N–H and O–H groups in total. The van der Waals surface area contributed by atoms with Crippen LogP contribution in [0.5, 0.6) is 0 Å². The Morgan fingerprint density at radius 3 is 2.41 bits per heavy atom. The number of esters is 1. The van der Waals surface area contributed by atoms with E-state index in [1.54, 1.807) is 47.8 Å². The van der Waals surface area contributed by atoms with Gasteiger partial charge in [-0.15, -0.1) is 11.3 Å². The number of halogens is 1. The first kappa shape index (κ1) is 20.2. The summed E-state index contributed by atoms with van der Waals surface area (Å²) in [4.78, 5) is 36.4. The highest BCUT2D eigenvalue weighted by Gasteiger charge is 2.12. The second kappa shape index (κ2) is 9.61. The lowest BCUT2D eigenvalue weighted by Gasteiger charge is -2.08. The minimum atomic E-state index is -0.679. The Kier molecular flexibility index (Phi) is 6.70. The normalized spacial score (nSPS) is 10.2. The molecule has 0 saturated carbocycles. The molecule has 8 heteroatoms. The fourth-order valence-electron chi connectivity index (χ4n) is 2.39. The van der Waals surface area contributed by atoms with Gasteiger partial charge in [0.25, 0.3) is 11.8 Å². The van der Waals surface area contributed by atoms with Gasteiger partial charge in [0.15, 0.2) is 6.61 Å². The Labute approximate surface area is 170 Å². The van der Waals surface area contributed by atoms with Crippen LogP contribution >= 0.6 is 11.3 Å². The fourth-order valence-corrected chi connectivity index (χ4v) is 3.01. The van der Waals surface area contributed by atoms with Crippen molar-refractivity contribution in [3.05, 3.63) is 87.9 Å². The molecule has 148 valence electrons. The molecule has 0 radical (unpaired) electrons. The topological polar surface area (TPSA) is 84.5 Å². The van der Waals surface area contributed by atoms with E-state index in [0.717, 1.165) is 0 Å². The molecule has 6 nitrogen and oxygen atoms in total. The van der Waals surface area contributed by atoms with E-state index in [1.807, 2.05) is 0 Å². The van der Waals surface area contributed by atoms with Crippen LogP contribution in [0.15, 0.2) is 66.0 Å². The predicted molar refractivity (Wildman–Crippen MR) is 107 cm³/mol. The SMILES string of the molecule is O=C(COC(=O)c1ccc(NC(=O)c2cccs2)cc1)NCc1ccccc1F. The molecule has 0 saturated heterocycles. The second-order valence-corrected chi connectivity index (χ2v) is 6.90. The van der Waals surface area contributed by atoms with Crippen LogP contribution in [0.1, 0.15) is 25.6 Å². The third-order valence-electron chi connectivity index (χ3n) is 3.89. The number of nitrogens with one attached hydrogen (secondary N) is 2. The number of hydrogen-bond acceptors (Lipinski definition) is 5. The average Bonchev–Trinajstić information content (AvgIpc) is 3.27. The first-order valence-electron chi connectivity index (χ1n) is 8.65. The minimum absolute atomic E-state index is 0.00168. The highest BCUT2D eigenvalue weighted by atomic mass is 32.1. The van der Waals surface area contributed by atoms with Gasteiger partial charge in [0.1, 0.15) is 5.82 Å². The van der Waals surface area contributed by atoms with Crippen LogP contribution in [0.25, 0.3) is 0 Å². The highest BCUT2D eigenvalue weighted by molar-refractivity contribution is 7.12. The minimum Gasteiger partial charge on any atom is -0.452 e. The van der Waals surface area contributed by atoms with Crippen molar-refractivity contribution in [1.29, 1.82) is 0 Å². The summed E-state index contributed by atoms with van der Waals surface area (Å²) < 4.78 is 18.5. The van der Waals surface area contributed by atoms with Gasteiger partial charge in [0.2, 0.25) is 0 Å². The van der Waals surface area contributed by atoms with Crippen molar-refractivity contribution in [3.63, 3.8) is 0 Å². The molecule has 29 heavy (non-hydrogen) atoms. The summed E-state index contributed by atoms with van der Waals surface area (Å²) in [6, 6.07) is 15.7. The molecule has 0 bridgehead atoms. The third-order valence-corrected chi connectivity index (χ3v) is 4.76. The number of carbonyl (C=O) groups is 3. The van der Waals surface area contributed by atoms with Crippen molar-refractivity contribution in [3.8, 4) is 0 Å². The van der Waals surface area contributed by atoms with E-state index in [0.29, 0.717) is 16.1 Å². The number of amides is 2. The Morgan fingerprint density at radius 1 is 0.966 bits per heavy atom. The van der Waals surface area contributed by atoms with E-state index in [-0.39, 0.29) is 18.0 Å². The molecule has 0 atom stereocenters. The van der Waals surface area contributed by atoms with Crippen molar-refractivity contribution in [1.82, 2.24) is 5.32 Å². The first-order valence-corrected chi connectivity index (χ1v) is 9.53. The van der Waals surface area contributed by atoms with Crippen molar-refractivity contribution in [2.75, 3.05) is 11.9 Å². The lowest BCUT2D eigenvalue weighted by Crippen LogP contribution is -2.28. The molecule has 1 aromatic heterocycles. The van der Waals surface area contributed by atoms with Crippen LogP contribution in [0, 0.1) is 5.82 Å². The lowest BCUT2D eigenvalue weighted by molar-refractivity contribution is -0.124. The van der Waals surface area contributed by atoms with Gasteiger partial charge in [-0.25, -0.2) is 9.18 Å². The maximum Gasteiger partial charge on any atom is 0.338 e. The summed E-state index contributed by atoms with van der Waals surface area (Å²) in [5.74, 6) is -1.87. The van der Waals surface area contributed by atoms with Crippen molar-refractivity contribution in [2.45, 2.75) is 6.54 Å². The summed E-state index contributed by atoms with van der Waals surface area (Å²) in [6.07, 6.45) is 0. The van der Waals surface area contributed by atoms with Crippen LogP contribution < -0.4 is 10.6 Å². The Balaban J connectivity index is 1.46. The summed E-state index contributed by atoms with van der Waals surface area (Å²) >= 11 is 1.33. The number of thiophene rings is 1. The molecular formula is C21H17FN2O4S. The van der Waals surface area contributed by atoms with Gasteiger partial charge in [-0.05, 0) is 41.8 Å². The zero-order valence-corrected chi connectivity index (χ0v) is 16.0. The Bertz CT molecular complexity index is 1000. The number of anilines is 1. The number of hydrogen-bond donors (Lipinski definition) is 2. The maximum absolute atomic E-state index is 13.5. The molecule has 0 aliphatic heterocycles. The van der Waals surface area contributed by atoms with Crippen molar-refractivity contribution < 1.29 is 23.5 Å². The van der Waals surface area contributed by atoms with E-state index in [9.17, 15) is 18.8 Å². The molecule has 2 aromatic carbocycles. The Hall–Kier alpha value is -3.52. The fraction of sp³-hybridized carbons (Fsp3) is 0.0952. The first-order chi connectivity index (χ1) is 14.0. The third kappa shape index (κ3) is 5.73. The Morgan fingerprint density at radius 2 is 1.72 bits per heavy atom. The number of rotatable bonds is 7. The zero-order valence-electron chi connectivity index (χ0n) is 15.2. The van der Waals surface area contributed by atoms with Gasteiger partial charge in [-0.1, -0.05) is 24.3 Å². The molecule has 1 heterocycles. The summed E-state index contributed by atoms with van der Waals surface area (Å²) in [5.41, 5.74) is 1.11. The molecule has 3 aromatic rings. The van der Waals surface area contributed by atoms with E-state index >= 15 is 0 Å². The smallest absolute Gasteiger partial charge is 0.338 e. The average molecular weight is 412 g/mol. The molecule has 0 aliphatic carbocycles. The summed E-state index contributed by atoms with van der Waals surface area (Å²) in [6.45, 7) is -0.480. The number of carbonyl (C=O) groups excluding carboxylic acids is 3. The van der Waals surface area contributed by atoms with Gasteiger partial charge in [-0.2, -0.15) is 0 Å². The molecule has 2 amide bonds. The van der Waals surface area contributed by atoms with E-state index in [1.165, 1.54) is 29.5 Å².